The van der Waals surface area contributed by atoms with Gasteiger partial charge >= 0.3 is 0 Å². The van der Waals surface area contributed by atoms with E-state index in [-0.39, 0.29) is 0 Å². The summed E-state index contributed by atoms with van der Waals surface area (Å²) in [5.41, 5.74) is 11.3. The highest BCUT2D eigenvalue weighted by Crippen LogP contribution is 2.57. The monoisotopic (exact) mass is 650 g/mol. The van der Waals surface area contributed by atoms with Gasteiger partial charge in [-0.3, -0.25) is 4.98 Å². The molecule has 0 fully saturated rings. The Kier molecular flexibility index (Phi) is 6.75. The van der Waals surface area contributed by atoms with Crippen molar-refractivity contribution in [1.82, 2.24) is 9.55 Å². The Morgan fingerprint density at radius 3 is 1.65 bits per heavy atom. The number of pyridine rings is 1. The minimum Gasteiger partial charge on any atom is -0.310 e. The molecule has 0 saturated carbocycles. The Morgan fingerprint density at radius 2 is 1.04 bits per heavy atom. The molecule has 6 heteroatoms. The number of nitriles is 3. The van der Waals surface area contributed by atoms with Gasteiger partial charge in [-0.2, -0.15) is 15.8 Å². The minimum atomic E-state index is -0.748. The molecule has 1 aliphatic heterocycles. The van der Waals surface area contributed by atoms with Crippen molar-refractivity contribution in [3.8, 4) is 23.9 Å². The first-order valence-electron chi connectivity index (χ1n) is 16.5. The quantitative estimate of drug-likeness (QED) is 0.189. The molecule has 2 aromatic heterocycles. The predicted octanol–water partition coefficient (Wildman–Crippen LogP) is 9.96. The Bertz CT molecular complexity index is 2680. The third-order valence-corrected chi connectivity index (χ3v) is 10.0. The van der Waals surface area contributed by atoms with Gasteiger partial charge in [0, 0.05) is 34.5 Å². The van der Waals surface area contributed by atoms with Gasteiger partial charge in [-0.15, -0.1) is 0 Å². The first kappa shape index (κ1) is 29.7. The van der Waals surface area contributed by atoms with Crippen LogP contribution in [-0.4, -0.2) is 9.55 Å². The van der Waals surface area contributed by atoms with Crippen molar-refractivity contribution >= 4 is 38.9 Å². The molecule has 0 N–H and O–H groups in total. The zero-order valence-corrected chi connectivity index (χ0v) is 27.2. The van der Waals surface area contributed by atoms with E-state index in [9.17, 15) is 15.8 Å². The summed E-state index contributed by atoms with van der Waals surface area (Å²) < 4.78 is 2.23. The van der Waals surface area contributed by atoms with Crippen LogP contribution in [0.4, 0.5) is 17.1 Å². The lowest BCUT2D eigenvalue weighted by Crippen LogP contribution is -2.37. The van der Waals surface area contributed by atoms with Crippen molar-refractivity contribution in [3.05, 3.63) is 197 Å². The summed E-state index contributed by atoms with van der Waals surface area (Å²) in [5.74, 6) is 0. The van der Waals surface area contributed by atoms with Crippen LogP contribution >= 0.6 is 0 Å². The van der Waals surface area contributed by atoms with E-state index in [1.54, 1.807) is 6.20 Å². The van der Waals surface area contributed by atoms with Crippen LogP contribution in [0.5, 0.6) is 0 Å². The maximum Gasteiger partial charge on any atom is 0.0991 e. The van der Waals surface area contributed by atoms with Crippen LogP contribution in [0.2, 0.25) is 0 Å². The zero-order chi connectivity index (χ0) is 34.5. The standard InChI is InChI=1S/C45H26N6/c46-26-30-12-17-33(18-13-30)45(34-19-14-31(27-47)15-20-34)39-8-1-3-10-43(39)51(44-11-4-2-9-40(44)45)36-7-5-6-35(25-36)50-41-21-16-32(28-48)24-37(41)38-29-49-23-22-42(38)50/h1-25,29H. The highest BCUT2D eigenvalue weighted by Gasteiger charge is 2.46. The van der Waals surface area contributed by atoms with Crippen molar-refractivity contribution in [1.29, 1.82) is 15.8 Å². The second-order valence-corrected chi connectivity index (χ2v) is 12.6. The number of hydrogen-bond donors (Lipinski definition) is 0. The zero-order valence-electron chi connectivity index (χ0n) is 27.2. The largest absolute Gasteiger partial charge is 0.310 e. The lowest BCUT2D eigenvalue weighted by atomic mass is 9.62. The normalized spacial score (nSPS) is 12.8. The molecule has 236 valence electrons. The predicted molar refractivity (Wildman–Crippen MR) is 199 cm³/mol. The lowest BCUT2D eigenvalue weighted by Gasteiger charge is -2.46. The summed E-state index contributed by atoms with van der Waals surface area (Å²) in [6.07, 6.45) is 3.66. The molecule has 0 aliphatic carbocycles. The fourth-order valence-electron chi connectivity index (χ4n) is 7.89. The number of fused-ring (bicyclic) bond motifs is 5. The Balaban J connectivity index is 1.31. The highest BCUT2D eigenvalue weighted by atomic mass is 15.2. The Hall–Kier alpha value is -7.46. The smallest absolute Gasteiger partial charge is 0.0991 e. The molecule has 0 atom stereocenters. The number of nitrogens with zero attached hydrogens (tertiary/aromatic N) is 6. The summed E-state index contributed by atoms with van der Waals surface area (Å²) in [4.78, 5) is 6.74. The number of benzene rings is 6. The molecule has 9 rings (SSSR count). The molecule has 0 radical (unpaired) electrons. The van der Waals surface area contributed by atoms with Crippen LogP contribution in [0.1, 0.15) is 38.9 Å². The van der Waals surface area contributed by atoms with Crippen LogP contribution in [-0.2, 0) is 5.41 Å². The topological polar surface area (TPSA) is 92.4 Å². The molecule has 0 saturated heterocycles. The summed E-state index contributed by atoms with van der Waals surface area (Å²) in [6.45, 7) is 0. The van der Waals surface area contributed by atoms with Gasteiger partial charge in [-0.25, -0.2) is 0 Å². The van der Waals surface area contributed by atoms with Crippen LogP contribution < -0.4 is 4.90 Å². The molecule has 0 amide bonds. The van der Waals surface area contributed by atoms with Crippen molar-refractivity contribution in [2.75, 3.05) is 4.90 Å². The van der Waals surface area contributed by atoms with Crippen molar-refractivity contribution in [3.63, 3.8) is 0 Å². The number of hydrogen-bond acceptors (Lipinski definition) is 5. The van der Waals surface area contributed by atoms with Gasteiger partial charge in [-0.05, 0) is 101 Å². The molecule has 6 nitrogen and oxygen atoms in total. The van der Waals surface area contributed by atoms with Gasteiger partial charge in [0.15, 0.2) is 0 Å². The van der Waals surface area contributed by atoms with Gasteiger partial charge in [0.25, 0.3) is 0 Å². The average molecular weight is 651 g/mol. The number of rotatable bonds is 4. The van der Waals surface area contributed by atoms with Crippen LogP contribution in [0.15, 0.2) is 158 Å². The fraction of sp³-hybridized carbons (Fsp3) is 0.0222. The number of anilines is 3. The van der Waals surface area contributed by atoms with Crippen molar-refractivity contribution < 1.29 is 0 Å². The van der Waals surface area contributed by atoms with E-state index < -0.39 is 5.41 Å². The first-order valence-corrected chi connectivity index (χ1v) is 16.5. The molecule has 6 aromatic carbocycles. The van der Waals surface area contributed by atoms with Crippen LogP contribution in [0, 0.1) is 34.0 Å². The van der Waals surface area contributed by atoms with E-state index >= 15 is 0 Å². The van der Waals surface area contributed by atoms with Crippen molar-refractivity contribution in [2.45, 2.75) is 5.41 Å². The van der Waals surface area contributed by atoms with E-state index in [2.05, 4.69) is 130 Å². The van der Waals surface area contributed by atoms with Crippen LogP contribution in [0.25, 0.3) is 27.5 Å². The number of aromatic nitrogens is 2. The molecule has 0 unspecified atom stereocenters. The van der Waals surface area contributed by atoms with E-state index in [1.807, 2.05) is 54.7 Å². The summed E-state index contributed by atoms with van der Waals surface area (Å²) in [5, 5.41) is 31.0. The van der Waals surface area contributed by atoms with Gasteiger partial charge in [0.2, 0.25) is 0 Å². The summed E-state index contributed by atoms with van der Waals surface area (Å²) in [7, 11) is 0. The van der Waals surface area contributed by atoms with E-state index in [0.717, 1.165) is 66.8 Å². The number of para-hydroxylation sites is 2. The Labute approximate surface area is 294 Å². The average Bonchev–Trinajstić information content (AvgIpc) is 3.53. The molecule has 51 heavy (non-hydrogen) atoms. The Morgan fingerprint density at radius 1 is 0.490 bits per heavy atom. The van der Waals surface area contributed by atoms with E-state index in [4.69, 9.17) is 0 Å². The maximum absolute atomic E-state index is 9.68. The molecule has 0 spiro atoms. The molecule has 1 aliphatic rings. The highest BCUT2D eigenvalue weighted by molar-refractivity contribution is 6.09. The molecule has 8 aromatic rings. The second kappa shape index (κ2) is 11.6. The van der Waals surface area contributed by atoms with Gasteiger partial charge < -0.3 is 9.47 Å². The SMILES string of the molecule is N#Cc1ccc(C2(c3ccc(C#N)cc3)c3ccccc3N(c3cccc(-n4c5ccncc5c5cc(C#N)ccc54)c3)c3ccccc32)cc1. The van der Waals surface area contributed by atoms with Gasteiger partial charge in [0.1, 0.15) is 0 Å². The molecule has 3 heterocycles. The summed E-state index contributed by atoms with van der Waals surface area (Å²) >= 11 is 0. The summed E-state index contributed by atoms with van der Waals surface area (Å²) in [6, 6.07) is 55.9. The van der Waals surface area contributed by atoms with Crippen molar-refractivity contribution in [2.24, 2.45) is 0 Å². The van der Waals surface area contributed by atoms with E-state index in [0.29, 0.717) is 16.7 Å². The third-order valence-electron chi connectivity index (χ3n) is 10.0. The third kappa shape index (κ3) is 4.37. The van der Waals surface area contributed by atoms with Gasteiger partial charge in [0.05, 0.1) is 62.7 Å². The first-order chi connectivity index (χ1) is 25.1. The minimum absolute atomic E-state index is 0.592. The maximum atomic E-state index is 9.68. The molecular formula is C45H26N6. The lowest BCUT2D eigenvalue weighted by molar-refractivity contribution is 0.731. The van der Waals surface area contributed by atoms with Crippen LogP contribution in [0.3, 0.4) is 0 Å². The second-order valence-electron chi connectivity index (χ2n) is 12.6. The van der Waals surface area contributed by atoms with Gasteiger partial charge in [-0.1, -0.05) is 66.7 Å². The van der Waals surface area contributed by atoms with E-state index in [1.165, 1.54) is 0 Å². The molecular weight excluding hydrogens is 625 g/mol. The fourth-order valence-corrected chi connectivity index (χ4v) is 7.89. The molecule has 0 bridgehead atoms.